The van der Waals surface area contributed by atoms with Crippen molar-refractivity contribution in [2.45, 2.75) is 32.2 Å². The third-order valence-corrected chi connectivity index (χ3v) is 4.96. The minimum atomic E-state index is -0.171. The van der Waals surface area contributed by atoms with E-state index in [1.54, 1.807) is 12.1 Å². The highest BCUT2D eigenvalue weighted by Gasteiger charge is 2.25. The van der Waals surface area contributed by atoms with Gasteiger partial charge in [-0.05, 0) is 56.1 Å². The number of benzene rings is 1. The number of hydrogen-bond acceptors (Lipinski definition) is 2. The fourth-order valence-electron chi connectivity index (χ4n) is 3.79. The molecule has 0 radical (unpaired) electrons. The lowest BCUT2D eigenvalue weighted by molar-refractivity contribution is 0.199. The Morgan fingerprint density at radius 3 is 2.83 bits per heavy atom. The van der Waals surface area contributed by atoms with E-state index in [1.165, 1.54) is 29.6 Å². The number of likely N-dealkylation sites (tertiary alicyclic amines) is 1. The van der Waals surface area contributed by atoms with Gasteiger partial charge in [0.15, 0.2) is 0 Å². The average molecular weight is 323 g/mol. The molecule has 1 fully saturated rings. The highest BCUT2D eigenvalue weighted by atomic mass is 19.1. The highest BCUT2D eigenvalue weighted by Crippen LogP contribution is 2.30. The fraction of sp³-hybridized carbons (Fsp3) is 0.350. The first-order valence-electron chi connectivity index (χ1n) is 8.61. The van der Waals surface area contributed by atoms with E-state index in [0.29, 0.717) is 5.92 Å². The summed E-state index contributed by atoms with van der Waals surface area (Å²) in [5.41, 5.74) is 3.61. The number of rotatable bonds is 3. The van der Waals surface area contributed by atoms with Crippen LogP contribution in [0, 0.1) is 12.7 Å². The molecule has 0 unspecified atom stereocenters. The Balaban J connectivity index is 1.55. The molecular formula is C20H22FN3. The van der Waals surface area contributed by atoms with Crippen molar-refractivity contribution in [1.82, 2.24) is 14.3 Å². The van der Waals surface area contributed by atoms with Crippen LogP contribution in [0.2, 0.25) is 0 Å². The number of piperidine rings is 1. The molecule has 0 bridgehead atoms. The lowest BCUT2D eigenvalue weighted by Gasteiger charge is -2.32. The van der Waals surface area contributed by atoms with Gasteiger partial charge in [0.25, 0.3) is 0 Å². The van der Waals surface area contributed by atoms with Crippen LogP contribution >= 0.6 is 0 Å². The van der Waals surface area contributed by atoms with Crippen LogP contribution in [-0.4, -0.2) is 27.4 Å². The Labute approximate surface area is 141 Å². The molecule has 1 aliphatic rings. The topological polar surface area (TPSA) is 20.5 Å². The number of imidazole rings is 1. The maximum Gasteiger partial charge on any atom is 0.123 e. The third-order valence-electron chi connectivity index (χ3n) is 4.96. The zero-order valence-corrected chi connectivity index (χ0v) is 14.0. The molecule has 1 saturated heterocycles. The standard InChI is InChI=1S/C20H22FN3/c1-15-22-20(19-6-2-3-12-24(15)19)17-5-4-11-23(14-17)13-16-7-9-18(21)10-8-16/h2-3,6-10,12,17H,4-5,11,13-14H2,1H3/t17-/m1/s1. The van der Waals surface area contributed by atoms with Gasteiger partial charge < -0.3 is 4.40 Å². The molecule has 1 aliphatic heterocycles. The zero-order valence-electron chi connectivity index (χ0n) is 14.0. The smallest absolute Gasteiger partial charge is 0.123 e. The minimum absolute atomic E-state index is 0.171. The monoisotopic (exact) mass is 323 g/mol. The van der Waals surface area contributed by atoms with E-state index in [0.717, 1.165) is 25.5 Å². The summed E-state index contributed by atoms with van der Waals surface area (Å²) in [6, 6.07) is 13.1. The molecule has 0 saturated carbocycles. The molecular weight excluding hydrogens is 301 g/mol. The average Bonchev–Trinajstić information content (AvgIpc) is 2.95. The molecule has 0 aliphatic carbocycles. The van der Waals surface area contributed by atoms with Gasteiger partial charge in [0.2, 0.25) is 0 Å². The molecule has 0 amide bonds. The molecule has 1 atom stereocenters. The molecule has 3 aromatic rings. The molecule has 1 aromatic carbocycles. The van der Waals surface area contributed by atoms with E-state index in [1.807, 2.05) is 18.2 Å². The quantitative estimate of drug-likeness (QED) is 0.721. The van der Waals surface area contributed by atoms with Gasteiger partial charge in [-0.2, -0.15) is 0 Å². The van der Waals surface area contributed by atoms with Crippen LogP contribution in [-0.2, 0) is 6.54 Å². The number of hydrogen-bond donors (Lipinski definition) is 0. The summed E-state index contributed by atoms with van der Waals surface area (Å²) in [5, 5.41) is 0. The van der Waals surface area contributed by atoms with Crippen molar-refractivity contribution < 1.29 is 4.39 Å². The SMILES string of the molecule is Cc1nc([C@@H]2CCCN(Cc3ccc(F)cc3)C2)c2ccccn12. The first kappa shape index (κ1) is 15.3. The molecule has 4 rings (SSSR count). The summed E-state index contributed by atoms with van der Waals surface area (Å²) >= 11 is 0. The largest absolute Gasteiger partial charge is 0.304 e. The Morgan fingerprint density at radius 1 is 1.17 bits per heavy atom. The Kier molecular flexibility index (Phi) is 4.07. The van der Waals surface area contributed by atoms with Gasteiger partial charge in [0, 0.05) is 25.2 Å². The summed E-state index contributed by atoms with van der Waals surface area (Å²) in [6.07, 6.45) is 4.44. The molecule has 0 N–H and O–H groups in total. The van der Waals surface area contributed by atoms with Crippen molar-refractivity contribution in [1.29, 1.82) is 0 Å². The van der Waals surface area contributed by atoms with E-state index in [4.69, 9.17) is 4.98 Å². The van der Waals surface area contributed by atoms with E-state index in [9.17, 15) is 4.39 Å². The second kappa shape index (κ2) is 6.36. The first-order valence-corrected chi connectivity index (χ1v) is 8.61. The maximum absolute atomic E-state index is 13.1. The molecule has 24 heavy (non-hydrogen) atoms. The Hall–Kier alpha value is -2.20. The first-order chi connectivity index (χ1) is 11.7. The molecule has 3 heterocycles. The second-order valence-corrected chi connectivity index (χ2v) is 6.70. The van der Waals surface area contributed by atoms with Crippen LogP contribution < -0.4 is 0 Å². The van der Waals surface area contributed by atoms with E-state index >= 15 is 0 Å². The van der Waals surface area contributed by atoms with E-state index in [-0.39, 0.29) is 5.82 Å². The van der Waals surface area contributed by atoms with Crippen molar-refractivity contribution >= 4 is 5.52 Å². The van der Waals surface area contributed by atoms with Crippen LogP contribution in [0.3, 0.4) is 0 Å². The second-order valence-electron chi connectivity index (χ2n) is 6.70. The minimum Gasteiger partial charge on any atom is -0.304 e. The zero-order chi connectivity index (χ0) is 16.5. The number of fused-ring (bicyclic) bond motifs is 1. The van der Waals surface area contributed by atoms with Crippen molar-refractivity contribution in [3.63, 3.8) is 0 Å². The van der Waals surface area contributed by atoms with Gasteiger partial charge in [0.1, 0.15) is 11.6 Å². The van der Waals surface area contributed by atoms with Gasteiger partial charge in [-0.25, -0.2) is 9.37 Å². The van der Waals surface area contributed by atoms with Gasteiger partial charge in [-0.1, -0.05) is 18.2 Å². The van der Waals surface area contributed by atoms with Crippen molar-refractivity contribution in [2.75, 3.05) is 13.1 Å². The van der Waals surface area contributed by atoms with Gasteiger partial charge >= 0.3 is 0 Å². The molecule has 0 spiro atoms. The van der Waals surface area contributed by atoms with Crippen LogP contribution in [0.15, 0.2) is 48.7 Å². The van der Waals surface area contributed by atoms with Gasteiger partial charge in [-0.15, -0.1) is 0 Å². The number of pyridine rings is 1. The predicted molar refractivity (Wildman–Crippen MR) is 93.6 cm³/mol. The summed E-state index contributed by atoms with van der Waals surface area (Å²) < 4.78 is 15.2. The summed E-state index contributed by atoms with van der Waals surface area (Å²) in [4.78, 5) is 7.32. The van der Waals surface area contributed by atoms with E-state index < -0.39 is 0 Å². The van der Waals surface area contributed by atoms with E-state index in [2.05, 4.69) is 34.6 Å². The van der Waals surface area contributed by atoms with Crippen LogP contribution in [0.5, 0.6) is 0 Å². The Bertz CT molecular complexity index is 838. The predicted octanol–water partition coefficient (Wildman–Crippen LogP) is 4.16. The van der Waals surface area contributed by atoms with Gasteiger partial charge in [0.05, 0.1) is 11.2 Å². The van der Waals surface area contributed by atoms with Crippen LogP contribution in [0.25, 0.3) is 5.52 Å². The van der Waals surface area contributed by atoms with Crippen LogP contribution in [0.1, 0.15) is 35.8 Å². The number of halogens is 1. The molecule has 3 nitrogen and oxygen atoms in total. The Morgan fingerprint density at radius 2 is 2.00 bits per heavy atom. The number of aromatic nitrogens is 2. The lowest BCUT2D eigenvalue weighted by Crippen LogP contribution is -2.34. The third kappa shape index (κ3) is 2.94. The number of aryl methyl sites for hydroxylation is 1. The molecule has 124 valence electrons. The van der Waals surface area contributed by atoms with Gasteiger partial charge in [-0.3, -0.25) is 4.90 Å². The van der Waals surface area contributed by atoms with Crippen LogP contribution in [0.4, 0.5) is 4.39 Å². The van der Waals surface area contributed by atoms with Crippen molar-refractivity contribution in [2.24, 2.45) is 0 Å². The number of nitrogens with zero attached hydrogens (tertiary/aromatic N) is 3. The maximum atomic E-state index is 13.1. The summed E-state index contributed by atoms with van der Waals surface area (Å²) in [5.74, 6) is 1.34. The lowest BCUT2D eigenvalue weighted by atomic mass is 9.93. The van der Waals surface area contributed by atoms with Crippen molar-refractivity contribution in [3.05, 3.63) is 71.6 Å². The molecule has 2 aromatic heterocycles. The highest BCUT2D eigenvalue weighted by molar-refractivity contribution is 5.54. The normalized spacial score (nSPS) is 19.0. The fourth-order valence-corrected chi connectivity index (χ4v) is 3.79. The summed E-state index contributed by atoms with van der Waals surface area (Å²) in [6.45, 7) is 5.05. The summed E-state index contributed by atoms with van der Waals surface area (Å²) in [7, 11) is 0. The van der Waals surface area contributed by atoms with Crippen molar-refractivity contribution in [3.8, 4) is 0 Å². The molecule has 4 heteroatoms.